The molecular weight excluding hydrogens is 364 g/mol. The highest BCUT2D eigenvalue weighted by Crippen LogP contribution is 2.34. The van der Waals surface area contributed by atoms with Crippen LogP contribution in [0.25, 0.3) is 22.4 Å². The van der Waals surface area contributed by atoms with Crippen LogP contribution in [0.3, 0.4) is 0 Å². The lowest BCUT2D eigenvalue weighted by molar-refractivity contribution is 0.0727. The van der Waals surface area contributed by atoms with Crippen LogP contribution in [-0.2, 0) is 7.05 Å². The van der Waals surface area contributed by atoms with Crippen molar-refractivity contribution >= 4 is 16.9 Å². The number of para-hydroxylation sites is 2. The van der Waals surface area contributed by atoms with Gasteiger partial charge in [-0.05, 0) is 37.1 Å². The highest BCUT2D eigenvalue weighted by Gasteiger charge is 2.34. The van der Waals surface area contributed by atoms with Crippen LogP contribution in [-0.4, -0.2) is 41.9 Å². The van der Waals surface area contributed by atoms with E-state index in [-0.39, 0.29) is 11.9 Å². The van der Waals surface area contributed by atoms with Crippen LogP contribution in [0.1, 0.15) is 35.1 Å². The van der Waals surface area contributed by atoms with Crippen LogP contribution in [0.4, 0.5) is 0 Å². The van der Waals surface area contributed by atoms with Gasteiger partial charge in [0.05, 0.1) is 22.6 Å². The van der Waals surface area contributed by atoms with Crippen LogP contribution >= 0.6 is 0 Å². The second-order valence-corrected chi connectivity index (χ2v) is 7.21. The highest BCUT2D eigenvalue weighted by molar-refractivity contribution is 5.94. The van der Waals surface area contributed by atoms with E-state index in [1.165, 1.54) is 0 Å². The number of aromatic nitrogens is 5. The zero-order valence-electron chi connectivity index (χ0n) is 16.1. The van der Waals surface area contributed by atoms with Gasteiger partial charge in [0.15, 0.2) is 5.82 Å². The second-order valence-electron chi connectivity index (χ2n) is 7.21. The van der Waals surface area contributed by atoms with Crippen molar-refractivity contribution in [3.8, 4) is 11.4 Å². The van der Waals surface area contributed by atoms with Gasteiger partial charge in [-0.15, -0.1) is 0 Å². The molecule has 0 radical (unpaired) electrons. The van der Waals surface area contributed by atoms with Crippen molar-refractivity contribution in [3.63, 3.8) is 0 Å². The second kappa shape index (κ2) is 7.09. The summed E-state index contributed by atoms with van der Waals surface area (Å²) >= 11 is 0. The average Bonchev–Trinajstić information content (AvgIpc) is 3.39. The maximum absolute atomic E-state index is 13.2. The van der Waals surface area contributed by atoms with Gasteiger partial charge in [-0.2, -0.15) is 0 Å². The van der Waals surface area contributed by atoms with E-state index in [0.717, 1.165) is 35.3 Å². The Balaban J connectivity index is 1.43. The first-order valence-electron chi connectivity index (χ1n) is 9.67. The number of fused-ring (bicyclic) bond motifs is 1. The molecule has 4 heterocycles. The van der Waals surface area contributed by atoms with E-state index >= 15 is 0 Å². The largest absolute Gasteiger partial charge is 0.329 e. The van der Waals surface area contributed by atoms with Crippen LogP contribution in [0.2, 0.25) is 0 Å². The molecule has 29 heavy (non-hydrogen) atoms. The van der Waals surface area contributed by atoms with Crippen molar-refractivity contribution < 1.29 is 4.79 Å². The van der Waals surface area contributed by atoms with Gasteiger partial charge >= 0.3 is 0 Å². The van der Waals surface area contributed by atoms with E-state index in [1.54, 1.807) is 24.8 Å². The van der Waals surface area contributed by atoms with Gasteiger partial charge in [0.25, 0.3) is 5.91 Å². The Morgan fingerprint density at radius 2 is 1.90 bits per heavy atom. The Hall–Kier alpha value is -3.61. The predicted octanol–water partition coefficient (Wildman–Crippen LogP) is 3.40. The molecule has 5 rings (SSSR count). The number of nitrogens with zero attached hydrogens (tertiary/aromatic N) is 6. The molecule has 0 bridgehead atoms. The Kier molecular flexibility index (Phi) is 4.27. The third-order valence-corrected chi connectivity index (χ3v) is 5.45. The lowest BCUT2D eigenvalue weighted by Crippen LogP contribution is -2.32. The molecule has 0 N–H and O–H groups in total. The van der Waals surface area contributed by atoms with E-state index in [4.69, 9.17) is 4.98 Å². The van der Waals surface area contributed by atoms with Crippen LogP contribution < -0.4 is 0 Å². The molecular formula is C22H20N6O. The van der Waals surface area contributed by atoms with Crippen molar-refractivity contribution in [1.29, 1.82) is 0 Å². The molecule has 7 nitrogen and oxygen atoms in total. The van der Waals surface area contributed by atoms with E-state index in [0.29, 0.717) is 17.9 Å². The molecule has 1 amide bonds. The Bertz CT molecular complexity index is 1170. The number of rotatable bonds is 3. The van der Waals surface area contributed by atoms with E-state index < -0.39 is 0 Å². The summed E-state index contributed by atoms with van der Waals surface area (Å²) in [6.45, 7) is 0.705. The SMILES string of the molecule is Cn1c(C2CCCN2C(=O)c2cnc(-c3cccnc3)nc2)nc2ccccc21. The van der Waals surface area contributed by atoms with Gasteiger partial charge < -0.3 is 9.47 Å². The number of pyridine rings is 1. The minimum atomic E-state index is -0.0581. The molecule has 1 atom stereocenters. The number of imidazole rings is 1. The molecule has 7 heteroatoms. The van der Waals surface area contributed by atoms with Crippen molar-refractivity contribution in [2.75, 3.05) is 6.54 Å². The number of benzene rings is 1. The van der Waals surface area contributed by atoms with Crippen molar-refractivity contribution in [2.24, 2.45) is 7.05 Å². The molecule has 0 saturated carbocycles. The molecule has 1 aliphatic heterocycles. The topological polar surface area (TPSA) is 76.8 Å². The standard InChI is InChI=1S/C22H20N6O/c1-27-18-8-3-2-7-17(18)26-21(27)19-9-5-11-28(19)22(29)16-13-24-20(25-14-16)15-6-4-10-23-12-15/h2-4,6-8,10,12-14,19H,5,9,11H2,1H3. The summed E-state index contributed by atoms with van der Waals surface area (Å²) < 4.78 is 2.09. The summed E-state index contributed by atoms with van der Waals surface area (Å²) in [6, 6.07) is 11.7. The number of amides is 1. The molecule has 1 fully saturated rings. The van der Waals surface area contributed by atoms with Gasteiger partial charge in [0.1, 0.15) is 5.82 Å². The number of aryl methyl sites for hydroxylation is 1. The van der Waals surface area contributed by atoms with Gasteiger partial charge in [0.2, 0.25) is 0 Å². The lowest BCUT2D eigenvalue weighted by atomic mass is 10.2. The van der Waals surface area contributed by atoms with E-state index in [1.807, 2.05) is 42.3 Å². The summed E-state index contributed by atoms with van der Waals surface area (Å²) in [5.41, 5.74) is 3.34. The number of likely N-dealkylation sites (tertiary alicyclic amines) is 1. The maximum atomic E-state index is 13.2. The average molecular weight is 384 g/mol. The fraction of sp³-hybridized carbons (Fsp3) is 0.227. The van der Waals surface area contributed by atoms with Gasteiger partial charge in [-0.25, -0.2) is 15.0 Å². The molecule has 1 unspecified atom stereocenters. The summed E-state index contributed by atoms with van der Waals surface area (Å²) in [7, 11) is 2.01. The summed E-state index contributed by atoms with van der Waals surface area (Å²) in [4.78, 5) is 32.7. The van der Waals surface area contributed by atoms with Crippen molar-refractivity contribution in [2.45, 2.75) is 18.9 Å². The van der Waals surface area contributed by atoms with E-state index in [9.17, 15) is 4.79 Å². The molecule has 1 saturated heterocycles. The Labute approximate surface area is 168 Å². The van der Waals surface area contributed by atoms with Crippen LogP contribution in [0.5, 0.6) is 0 Å². The number of carbonyl (C=O) groups excluding carboxylic acids is 1. The molecule has 1 aromatic carbocycles. The summed E-state index contributed by atoms with van der Waals surface area (Å²) in [5, 5.41) is 0. The first kappa shape index (κ1) is 17.5. The van der Waals surface area contributed by atoms with Gasteiger partial charge in [-0.1, -0.05) is 12.1 Å². The first-order valence-corrected chi connectivity index (χ1v) is 9.67. The first-order chi connectivity index (χ1) is 14.2. The van der Waals surface area contributed by atoms with Crippen molar-refractivity contribution in [1.82, 2.24) is 29.4 Å². The zero-order valence-corrected chi connectivity index (χ0v) is 16.1. The highest BCUT2D eigenvalue weighted by atomic mass is 16.2. The third kappa shape index (κ3) is 3.04. The van der Waals surface area contributed by atoms with Gasteiger partial charge in [-0.3, -0.25) is 9.78 Å². The smallest absolute Gasteiger partial charge is 0.257 e. The molecule has 4 aromatic rings. The molecule has 144 valence electrons. The normalized spacial score (nSPS) is 16.4. The summed E-state index contributed by atoms with van der Waals surface area (Å²) in [6.07, 6.45) is 8.46. The number of carbonyl (C=O) groups is 1. The minimum Gasteiger partial charge on any atom is -0.329 e. The Morgan fingerprint density at radius 3 is 2.66 bits per heavy atom. The van der Waals surface area contributed by atoms with Crippen molar-refractivity contribution in [3.05, 3.63) is 72.6 Å². The predicted molar refractivity (Wildman–Crippen MR) is 109 cm³/mol. The molecule has 0 spiro atoms. The number of hydrogen-bond donors (Lipinski definition) is 0. The third-order valence-electron chi connectivity index (χ3n) is 5.45. The number of hydrogen-bond acceptors (Lipinski definition) is 5. The van der Waals surface area contributed by atoms with Gasteiger partial charge in [0, 0.05) is 43.9 Å². The fourth-order valence-electron chi connectivity index (χ4n) is 3.99. The monoisotopic (exact) mass is 384 g/mol. The van der Waals surface area contributed by atoms with E-state index in [2.05, 4.69) is 25.6 Å². The zero-order chi connectivity index (χ0) is 19.8. The summed E-state index contributed by atoms with van der Waals surface area (Å²) in [5.74, 6) is 1.42. The molecule has 1 aliphatic rings. The Morgan fingerprint density at radius 1 is 1.07 bits per heavy atom. The molecule has 0 aliphatic carbocycles. The quantitative estimate of drug-likeness (QED) is 0.541. The maximum Gasteiger partial charge on any atom is 0.257 e. The van der Waals surface area contributed by atoms with Crippen LogP contribution in [0, 0.1) is 0 Å². The van der Waals surface area contributed by atoms with Crippen LogP contribution in [0.15, 0.2) is 61.2 Å². The molecule has 3 aromatic heterocycles. The lowest BCUT2D eigenvalue weighted by Gasteiger charge is -2.24. The minimum absolute atomic E-state index is 0.0436. The fourth-order valence-corrected chi connectivity index (χ4v) is 3.99.